The molecule has 0 heterocycles. The van der Waals surface area contributed by atoms with Gasteiger partial charge in [0.1, 0.15) is 0 Å². The van der Waals surface area contributed by atoms with Crippen molar-refractivity contribution in [2.75, 3.05) is 0 Å². The molecule has 132 valence electrons. The van der Waals surface area contributed by atoms with Crippen LogP contribution in [0.5, 0.6) is 0 Å². The van der Waals surface area contributed by atoms with E-state index in [4.69, 9.17) is 27.9 Å². The summed E-state index contributed by atoms with van der Waals surface area (Å²) in [6.07, 6.45) is 2.24. The minimum atomic E-state index is -3.73. The van der Waals surface area contributed by atoms with Gasteiger partial charge in [0.25, 0.3) is 0 Å². The van der Waals surface area contributed by atoms with Crippen LogP contribution in [-0.2, 0) is 16.7 Å². The Kier molecular flexibility index (Phi) is 5.17. The molecule has 0 saturated heterocycles. The topological polar surface area (TPSA) is 0 Å². The molecule has 0 N–H and O–H groups in total. The molecule has 5 heteroatoms. The Morgan fingerprint density at radius 3 is 2.00 bits per heavy atom. The molecule has 1 aliphatic carbocycles. The van der Waals surface area contributed by atoms with E-state index in [0.29, 0.717) is 0 Å². The van der Waals surface area contributed by atoms with Gasteiger partial charge in [-0.3, -0.25) is 0 Å². The zero-order valence-electron chi connectivity index (χ0n) is 15.3. The summed E-state index contributed by atoms with van der Waals surface area (Å²) < 4.78 is -0.408. The molecular weight excluding hydrogens is 423 g/mol. The zero-order chi connectivity index (χ0) is 18.6. The van der Waals surface area contributed by atoms with Crippen LogP contribution in [0.3, 0.4) is 0 Å². The first-order valence-corrected chi connectivity index (χ1v) is 18.7. The number of halogens is 3. The van der Waals surface area contributed by atoms with Crippen molar-refractivity contribution in [2.45, 2.75) is 37.2 Å². The molecule has 2 aromatic carbocycles. The molecule has 1 aliphatic rings. The van der Waals surface area contributed by atoms with Crippen LogP contribution in [0.15, 0.2) is 48.0 Å². The Morgan fingerprint density at radius 1 is 0.880 bits per heavy atom. The maximum atomic E-state index is 6.95. The van der Waals surface area contributed by atoms with Gasteiger partial charge in [0, 0.05) is 0 Å². The zero-order valence-corrected chi connectivity index (χ0v) is 20.1. The molecule has 3 rings (SSSR count). The van der Waals surface area contributed by atoms with E-state index in [1.54, 1.807) is 0 Å². The minimum absolute atomic E-state index is 0.408. The number of aryl methyl sites for hydroxylation is 2. The van der Waals surface area contributed by atoms with E-state index >= 15 is 0 Å². The number of fused-ring (bicyclic) bond motifs is 1. The molecule has 1 atom stereocenters. The fourth-order valence-corrected chi connectivity index (χ4v) is 26.4. The van der Waals surface area contributed by atoms with Crippen molar-refractivity contribution in [1.82, 2.24) is 0 Å². The first-order chi connectivity index (χ1) is 11.5. The van der Waals surface area contributed by atoms with Crippen molar-refractivity contribution in [1.29, 1.82) is 0 Å². The molecule has 0 aliphatic heterocycles. The fourth-order valence-electron chi connectivity index (χ4n) is 4.63. The molecule has 0 saturated carbocycles. The third kappa shape index (κ3) is 2.92. The Bertz CT molecular complexity index is 847. The molecule has 0 bridgehead atoms. The van der Waals surface area contributed by atoms with E-state index in [-0.39, 0.29) is 0 Å². The summed E-state index contributed by atoms with van der Waals surface area (Å²) in [5.74, 6) is 0. The summed E-state index contributed by atoms with van der Waals surface area (Å²) >= 11 is -3.73. The van der Waals surface area contributed by atoms with Crippen molar-refractivity contribution in [3.8, 4) is 0 Å². The van der Waals surface area contributed by atoms with Crippen molar-refractivity contribution >= 4 is 47.3 Å². The third-order valence-corrected chi connectivity index (χ3v) is 22.2. The van der Waals surface area contributed by atoms with Gasteiger partial charge >= 0.3 is 168 Å². The number of hydrogen-bond acceptors (Lipinski definition) is 0. The van der Waals surface area contributed by atoms with Gasteiger partial charge in [-0.15, -0.1) is 0 Å². The van der Waals surface area contributed by atoms with E-state index in [1.165, 1.54) is 33.0 Å². The van der Waals surface area contributed by atoms with Gasteiger partial charge in [0.15, 0.2) is 0 Å². The van der Waals surface area contributed by atoms with E-state index in [2.05, 4.69) is 82.4 Å². The molecule has 0 radical (unpaired) electrons. The second kappa shape index (κ2) is 6.55. The summed E-state index contributed by atoms with van der Waals surface area (Å²) in [5, 5.41) is 1.37. The van der Waals surface area contributed by atoms with Crippen LogP contribution in [0, 0.1) is 13.8 Å². The quantitative estimate of drug-likeness (QED) is 0.462. The van der Waals surface area contributed by atoms with E-state index in [9.17, 15) is 0 Å². The number of benzene rings is 2. The summed E-state index contributed by atoms with van der Waals surface area (Å²) in [6.45, 7) is 11.2. The van der Waals surface area contributed by atoms with Crippen LogP contribution in [0.25, 0.3) is 6.08 Å². The van der Waals surface area contributed by atoms with Crippen LogP contribution in [0.2, 0.25) is 13.1 Å². The molecule has 25 heavy (non-hydrogen) atoms. The van der Waals surface area contributed by atoms with E-state index < -0.39 is 24.8 Å². The second-order valence-corrected chi connectivity index (χ2v) is 25.2. The number of allylic oxidation sites excluding steroid dienone is 1. The molecule has 0 spiro atoms. The molecule has 0 nitrogen and oxygen atoms in total. The molecule has 0 amide bonds. The van der Waals surface area contributed by atoms with Crippen LogP contribution in [-0.4, -0.2) is 8.07 Å². The Balaban J connectivity index is 2.37. The van der Waals surface area contributed by atoms with Gasteiger partial charge < -0.3 is 0 Å². The van der Waals surface area contributed by atoms with Gasteiger partial charge in [-0.1, -0.05) is 0 Å². The molecular formula is C20H23Cl3SiTi. The van der Waals surface area contributed by atoms with Crippen LogP contribution in [0.1, 0.15) is 29.2 Å². The Hall–Kier alpha value is -0.0188. The molecule has 2 aromatic rings. The molecule has 0 aromatic heterocycles. The average molecular weight is 446 g/mol. The van der Waals surface area contributed by atoms with Gasteiger partial charge in [0.05, 0.1) is 0 Å². The van der Waals surface area contributed by atoms with Gasteiger partial charge in [0.2, 0.25) is 0 Å². The maximum absolute atomic E-state index is 6.95. The van der Waals surface area contributed by atoms with Crippen molar-refractivity contribution in [2.24, 2.45) is 0 Å². The second-order valence-electron chi connectivity index (χ2n) is 7.66. The number of rotatable bonds is 3. The molecule has 0 fully saturated rings. The summed E-state index contributed by atoms with van der Waals surface area (Å²) in [7, 11) is 18.6. The van der Waals surface area contributed by atoms with Crippen molar-refractivity contribution in [3.05, 3.63) is 70.3 Å². The SMILES string of the molecule is CC1=Cc2ccccc2[C]1([Si](C)(C)c1cc(C)cc(C)c1)[Ti]([Cl])([Cl])[Cl]. The number of hydrogen-bond donors (Lipinski definition) is 0. The van der Waals surface area contributed by atoms with Gasteiger partial charge in [-0.05, 0) is 0 Å². The van der Waals surface area contributed by atoms with Crippen LogP contribution >= 0.6 is 27.9 Å². The Labute approximate surface area is 167 Å². The summed E-state index contributed by atoms with van der Waals surface area (Å²) in [6, 6.07) is 15.3. The van der Waals surface area contributed by atoms with E-state index in [1.807, 2.05) is 0 Å². The summed E-state index contributed by atoms with van der Waals surface area (Å²) in [5.41, 5.74) is 6.21. The summed E-state index contributed by atoms with van der Waals surface area (Å²) in [4.78, 5) is 0. The standard InChI is InChI=1S/C20H23Si.3ClH.Ti/c1-14-10-15(2)12-18(11-14)21(4,5)20-16(3)13-17-8-6-7-9-19(17)20;;;;/h6-13H,1-5H3;3*1H;/q;;;;+3/p-3. The predicted octanol–water partition coefficient (Wildman–Crippen LogP) is 6.69. The van der Waals surface area contributed by atoms with Gasteiger partial charge in [-0.2, -0.15) is 0 Å². The Morgan fingerprint density at radius 2 is 1.44 bits per heavy atom. The first-order valence-electron chi connectivity index (χ1n) is 8.45. The van der Waals surface area contributed by atoms with Crippen molar-refractivity contribution in [3.63, 3.8) is 0 Å². The normalized spacial score (nSPS) is 20.4. The van der Waals surface area contributed by atoms with E-state index in [0.717, 1.165) is 0 Å². The fraction of sp³-hybridized carbons (Fsp3) is 0.300. The molecule has 1 unspecified atom stereocenters. The predicted molar refractivity (Wildman–Crippen MR) is 112 cm³/mol. The van der Waals surface area contributed by atoms with Crippen LogP contribution < -0.4 is 5.19 Å². The van der Waals surface area contributed by atoms with Crippen LogP contribution in [0.4, 0.5) is 0 Å². The average Bonchev–Trinajstić information content (AvgIpc) is 2.78. The first kappa shape index (κ1) is 19.7. The monoisotopic (exact) mass is 444 g/mol. The van der Waals surface area contributed by atoms with Crippen molar-refractivity contribution < 1.29 is 13.4 Å². The van der Waals surface area contributed by atoms with Gasteiger partial charge in [-0.25, -0.2) is 0 Å². The third-order valence-electron chi connectivity index (χ3n) is 5.63.